The van der Waals surface area contributed by atoms with Crippen LogP contribution in [0.2, 0.25) is 0 Å². The van der Waals surface area contributed by atoms with E-state index in [1.165, 1.54) is 0 Å². The van der Waals surface area contributed by atoms with Crippen LogP contribution in [-0.4, -0.2) is 57.3 Å². The molecule has 0 bridgehead atoms. The van der Waals surface area contributed by atoms with E-state index < -0.39 is 0 Å². The molecule has 0 saturated heterocycles. The highest BCUT2D eigenvalue weighted by molar-refractivity contribution is 6.10. The first-order chi connectivity index (χ1) is 32.2. The maximum Gasteiger partial charge on any atom is 0.137 e. The Balaban J connectivity index is 0.915. The molecule has 66 heavy (non-hydrogen) atoms. The standard InChI is InChI=1S/C56H46N8O2/c1-35-23-25-57-55(27-35)63-51-13-9-7-11-41(51)43-19-15-39(31-53(43)63)65-37-17-21-49(61(3)4)45(29-37)47-33-60-48(34-59-47)46-30-38(18-22-50(46)62(5)6)66-40-16-20-44-42-12-8-10-14-52(42)64(54(44)32-40)56-28-36(2)24-26-58-56/h7-34H,1-6H3. The number of nitrogens with zero attached hydrogens (tertiary/aromatic N) is 8. The third-order valence-corrected chi connectivity index (χ3v) is 12.1. The van der Waals surface area contributed by atoms with Gasteiger partial charge in [0.25, 0.3) is 0 Å². The van der Waals surface area contributed by atoms with E-state index in [9.17, 15) is 0 Å². The zero-order valence-corrected chi connectivity index (χ0v) is 37.6. The molecule has 10 heteroatoms. The summed E-state index contributed by atoms with van der Waals surface area (Å²) in [4.78, 5) is 23.7. The molecule has 0 aliphatic carbocycles. The van der Waals surface area contributed by atoms with Crippen molar-refractivity contribution < 1.29 is 9.47 Å². The number of ether oxygens (including phenoxy) is 2. The van der Waals surface area contributed by atoms with Gasteiger partial charge in [0.15, 0.2) is 0 Å². The number of aromatic nitrogens is 6. The van der Waals surface area contributed by atoms with Gasteiger partial charge in [0.05, 0.1) is 45.8 Å². The molecular weight excluding hydrogens is 817 g/mol. The molecule has 322 valence electrons. The second-order valence-electron chi connectivity index (χ2n) is 17.1. The maximum atomic E-state index is 6.64. The van der Waals surface area contributed by atoms with Crippen molar-refractivity contribution in [2.75, 3.05) is 38.0 Å². The summed E-state index contributed by atoms with van der Waals surface area (Å²) in [5, 5.41) is 4.58. The third kappa shape index (κ3) is 7.18. The molecule has 0 aliphatic heterocycles. The van der Waals surface area contributed by atoms with Gasteiger partial charge >= 0.3 is 0 Å². The average Bonchev–Trinajstić information content (AvgIpc) is 3.83. The number of pyridine rings is 2. The molecule has 5 aromatic heterocycles. The smallest absolute Gasteiger partial charge is 0.137 e. The lowest BCUT2D eigenvalue weighted by Gasteiger charge is -2.20. The van der Waals surface area contributed by atoms with E-state index in [4.69, 9.17) is 29.4 Å². The summed E-state index contributed by atoms with van der Waals surface area (Å²) in [5.74, 6) is 4.53. The number of rotatable bonds is 10. The second-order valence-corrected chi connectivity index (χ2v) is 17.1. The van der Waals surface area contributed by atoms with E-state index >= 15 is 0 Å². The topological polar surface area (TPSA) is 86.4 Å². The van der Waals surface area contributed by atoms with E-state index in [2.05, 4.69) is 130 Å². The van der Waals surface area contributed by atoms with Gasteiger partial charge in [0, 0.05) is 96.8 Å². The van der Waals surface area contributed by atoms with E-state index in [1.807, 2.05) is 102 Å². The average molecular weight is 863 g/mol. The number of hydrogen-bond donors (Lipinski definition) is 0. The van der Waals surface area contributed by atoms with Crippen LogP contribution in [0.25, 0.3) is 77.8 Å². The van der Waals surface area contributed by atoms with Gasteiger partial charge in [-0.2, -0.15) is 0 Å². The van der Waals surface area contributed by atoms with Crippen molar-refractivity contribution >= 4 is 55.0 Å². The van der Waals surface area contributed by atoms with Crippen LogP contribution >= 0.6 is 0 Å². The Labute approximate surface area is 382 Å². The van der Waals surface area contributed by atoms with E-state index in [0.717, 1.165) is 100 Å². The van der Waals surface area contributed by atoms with E-state index in [1.54, 1.807) is 0 Å². The fraction of sp³-hybridized carbons (Fsp3) is 0.107. The van der Waals surface area contributed by atoms with Gasteiger partial charge < -0.3 is 19.3 Å². The largest absolute Gasteiger partial charge is 0.457 e. The van der Waals surface area contributed by atoms with Gasteiger partial charge in [-0.1, -0.05) is 36.4 Å². The summed E-state index contributed by atoms with van der Waals surface area (Å²) in [6, 6.07) is 49.8. The van der Waals surface area contributed by atoms with Crippen molar-refractivity contribution in [2.45, 2.75) is 13.8 Å². The zero-order chi connectivity index (χ0) is 45.1. The minimum atomic E-state index is 0.686. The Kier molecular flexibility index (Phi) is 9.92. The van der Waals surface area contributed by atoms with Crippen LogP contribution < -0.4 is 19.3 Å². The SMILES string of the molecule is Cc1ccnc(-n2c3ccccc3c3ccc(Oc4ccc(N(C)C)c(-c5cnc(-c6cc(Oc7ccc8c9ccccc9n(-c9cc(C)ccn9)c8c7)ccc6N(C)C)cn5)c4)cc32)c1. The van der Waals surface area contributed by atoms with Crippen molar-refractivity contribution in [2.24, 2.45) is 0 Å². The van der Waals surface area contributed by atoms with Crippen LogP contribution in [0.15, 0.2) is 170 Å². The maximum absolute atomic E-state index is 6.64. The molecule has 6 aromatic carbocycles. The zero-order valence-electron chi connectivity index (χ0n) is 37.6. The summed E-state index contributed by atoms with van der Waals surface area (Å²) < 4.78 is 17.7. The first-order valence-electron chi connectivity index (χ1n) is 21.9. The van der Waals surface area contributed by atoms with Gasteiger partial charge in [-0.05, 0) is 122 Å². The number of benzene rings is 6. The quantitative estimate of drug-likeness (QED) is 0.134. The second kappa shape index (κ2) is 16.2. The van der Waals surface area contributed by atoms with Crippen LogP contribution in [0.5, 0.6) is 23.0 Å². The summed E-state index contributed by atoms with van der Waals surface area (Å²) in [5.41, 5.74) is 11.7. The molecule has 0 amide bonds. The molecule has 0 saturated carbocycles. The van der Waals surface area contributed by atoms with Gasteiger partial charge in [-0.15, -0.1) is 0 Å². The molecule has 0 N–H and O–H groups in total. The highest BCUT2D eigenvalue weighted by Gasteiger charge is 2.19. The first kappa shape index (κ1) is 40.3. The Bertz CT molecular complexity index is 3410. The van der Waals surface area contributed by atoms with Crippen molar-refractivity contribution in [3.8, 4) is 57.1 Å². The first-order valence-corrected chi connectivity index (χ1v) is 21.9. The number of fused-ring (bicyclic) bond motifs is 6. The normalized spacial score (nSPS) is 11.5. The molecule has 0 atom stereocenters. The van der Waals surface area contributed by atoms with Crippen LogP contribution in [0, 0.1) is 13.8 Å². The van der Waals surface area contributed by atoms with Crippen molar-refractivity contribution in [1.82, 2.24) is 29.1 Å². The number of hydrogen-bond acceptors (Lipinski definition) is 8. The van der Waals surface area contributed by atoms with Crippen molar-refractivity contribution in [1.29, 1.82) is 0 Å². The Morgan fingerprint density at radius 2 is 0.788 bits per heavy atom. The molecule has 11 rings (SSSR count). The fourth-order valence-electron chi connectivity index (χ4n) is 9.03. The minimum Gasteiger partial charge on any atom is -0.457 e. The molecular formula is C56H46N8O2. The number of aryl methyl sites for hydroxylation is 2. The number of anilines is 2. The highest BCUT2D eigenvalue weighted by Crippen LogP contribution is 2.40. The van der Waals surface area contributed by atoms with E-state index in [0.29, 0.717) is 23.0 Å². The molecule has 0 radical (unpaired) electrons. The molecule has 11 aromatic rings. The van der Waals surface area contributed by atoms with Crippen molar-refractivity contribution in [3.63, 3.8) is 0 Å². The molecule has 0 aliphatic rings. The molecule has 5 heterocycles. The van der Waals surface area contributed by atoms with E-state index in [-0.39, 0.29) is 0 Å². The highest BCUT2D eigenvalue weighted by atomic mass is 16.5. The van der Waals surface area contributed by atoms with Gasteiger partial charge in [-0.25, -0.2) is 9.97 Å². The Morgan fingerprint density at radius 1 is 0.394 bits per heavy atom. The predicted molar refractivity (Wildman–Crippen MR) is 268 cm³/mol. The molecule has 0 unspecified atom stereocenters. The lowest BCUT2D eigenvalue weighted by Crippen LogP contribution is -2.11. The van der Waals surface area contributed by atoms with Crippen molar-refractivity contribution in [3.05, 3.63) is 182 Å². The van der Waals surface area contributed by atoms with Gasteiger partial charge in [0.1, 0.15) is 34.6 Å². The monoisotopic (exact) mass is 862 g/mol. The van der Waals surface area contributed by atoms with Crippen LogP contribution in [0.3, 0.4) is 0 Å². The summed E-state index contributed by atoms with van der Waals surface area (Å²) in [7, 11) is 8.11. The minimum absolute atomic E-state index is 0.686. The fourth-order valence-corrected chi connectivity index (χ4v) is 9.03. The Morgan fingerprint density at radius 3 is 1.20 bits per heavy atom. The lowest BCUT2D eigenvalue weighted by molar-refractivity contribution is 0.483. The lowest BCUT2D eigenvalue weighted by atomic mass is 10.1. The Hall–Kier alpha value is -8.50. The summed E-state index contributed by atoms with van der Waals surface area (Å²) >= 11 is 0. The van der Waals surface area contributed by atoms with Crippen LogP contribution in [-0.2, 0) is 0 Å². The van der Waals surface area contributed by atoms with Crippen LogP contribution in [0.4, 0.5) is 11.4 Å². The molecule has 0 spiro atoms. The molecule has 0 fully saturated rings. The third-order valence-electron chi connectivity index (χ3n) is 12.1. The summed E-state index contributed by atoms with van der Waals surface area (Å²) in [6.07, 6.45) is 7.38. The predicted octanol–water partition coefficient (Wildman–Crippen LogP) is 13.1. The molecule has 10 nitrogen and oxygen atoms in total. The van der Waals surface area contributed by atoms with Gasteiger partial charge in [0.2, 0.25) is 0 Å². The van der Waals surface area contributed by atoms with Gasteiger partial charge in [-0.3, -0.25) is 19.1 Å². The van der Waals surface area contributed by atoms with Crippen LogP contribution in [0.1, 0.15) is 11.1 Å². The number of para-hydroxylation sites is 2. The summed E-state index contributed by atoms with van der Waals surface area (Å²) in [6.45, 7) is 4.17.